The smallest absolute Gasteiger partial charge is 0.408 e. The summed E-state index contributed by atoms with van der Waals surface area (Å²) in [5, 5.41) is 3.28. The number of hydrogen-bond donors (Lipinski definition) is 1. The van der Waals surface area contributed by atoms with Crippen LogP contribution in [0.5, 0.6) is 11.5 Å². The van der Waals surface area contributed by atoms with Crippen LogP contribution in [0.2, 0.25) is 0 Å². The Kier molecular flexibility index (Phi) is 5.37. The van der Waals surface area contributed by atoms with Gasteiger partial charge >= 0.3 is 12.1 Å². The van der Waals surface area contributed by atoms with E-state index >= 15 is 0 Å². The highest BCUT2D eigenvalue weighted by Gasteiger charge is 2.50. The average molecular weight is 524 g/mol. The van der Waals surface area contributed by atoms with Crippen LogP contribution in [0, 0.1) is 5.82 Å². The molecule has 0 saturated heterocycles. The molecule has 0 aliphatic carbocycles. The first-order chi connectivity index (χ1) is 18.2. The molecule has 38 heavy (non-hydrogen) atoms. The maximum Gasteiger partial charge on any atom is 0.408 e. The topological polar surface area (TPSA) is 118 Å². The van der Waals surface area contributed by atoms with Crippen molar-refractivity contribution in [3.63, 3.8) is 0 Å². The molecule has 3 aromatic rings. The van der Waals surface area contributed by atoms with Gasteiger partial charge in [-0.1, -0.05) is 13.8 Å². The number of hydrogen-bond acceptors (Lipinski definition) is 8. The standard InChI is InChI=1S/C27H26FN3O7/c1-5-13-14-9-31-19(21(14)30-18-8-17(28)22-23(20(13)18)37-11-36-22)7-16-15(24(31)32)10-35-25(33)27(16,6-2)38-26(34)29-12(3)4/h7-8,12H,5-6,9-11H2,1-4H3,(H,29,34)/t27-/m0/s1. The number of aromatic nitrogens is 2. The van der Waals surface area contributed by atoms with E-state index in [-0.39, 0.29) is 54.8 Å². The first kappa shape index (κ1) is 24.2. The Morgan fingerprint density at radius 3 is 2.66 bits per heavy atom. The van der Waals surface area contributed by atoms with Crippen molar-refractivity contribution >= 4 is 23.0 Å². The van der Waals surface area contributed by atoms with Gasteiger partial charge in [0.1, 0.15) is 6.61 Å². The van der Waals surface area contributed by atoms with Crippen molar-refractivity contribution in [3.8, 4) is 22.9 Å². The predicted octanol–water partition coefficient (Wildman–Crippen LogP) is 3.65. The monoisotopic (exact) mass is 523 g/mol. The number of cyclic esters (lactones) is 1. The molecule has 0 fully saturated rings. The molecule has 1 aromatic carbocycles. The predicted molar refractivity (Wildman–Crippen MR) is 133 cm³/mol. The van der Waals surface area contributed by atoms with E-state index in [0.29, 0.717) is 34.5 Å². The SMILES string of the molecule is CCc1c2c(nc3cc(F)c4c(c13)OCO4)-c1cc3c(c(=O)n1C2)COC(=O)[C@@]3(CC)OC(=O)NC(C)C. The van der Waals surface area contributed by atoms with Crippen LogP contribution in [0.25, 0.3) is 22.3 Å². The minimum atomic E-state index is -1.80. The van der Waals surface area contributed by atoms with E-state index < -0.39 is 23.5 Å². The Bertz CT molecular complexity index is 1610. The van der Waals surface area contributed by atoms with Crippen LogP contribution in [0.15, 0.2) is 16.9 Å². The van der Waals surface area contributed by atoms with Gasteiger partial charge in [0.15, 0.2) is 11.6 Å². The zero-order chi connectivity index (χ0) is 26.9. The molecule has 1 atom stereocenters. The molecule has 3 aliphatic heterocycles. The summed E-state index contributed by atoms with van der Waals surface area (Å²) in [7, 11) is 0. The molecule has 3 aliphatic rings. The van der Waals surface area contributed by atoms with E-state index in [4.69, 9.17) is 23.9 Å². The molecule has 0 saturated carbocycles. The van der Waals surface area contributed by atoms with E-state index in [1.165, 1.54) is 6.07 Å². The maximum atomic E-state index is 14.8. The highest BCUT2D eigenvalue weighted by atomic mass is 19.1. The highest BCUT2D eigenvalue weighted by Crippen LogP contribution is 2.47. The van der Waals surface area contributed by atoms with E-state index in [2.05, 4.69) is 5.32 Å². The second-order valence-electron chi connectivity index (χ2n) is 9.85. The van der Waals surface area contributed by atoms with E-state index in [1.807, 2.05) is 6.92 Å². The van der Waals surface area contributed by atoms with Crippen molar-refractivity contribution in [2.24, 2.45) is 0 Å². The number of aryl methyl sites for hydroxylation is 1. The van der Waals surface area contributed by atoms with Gasteiger partial charge in [0.25, 0.3) is 5.56 Å². The number of pyridine rings is 2. The Morgan fingerprint density at radius 2 is 1.95 bits per heavy atom. The van der Waals surface area contributed by atoms with Crippen molar-refractivity contribution in [2.45, 2.75) is 65.3 Å². The first-order valence-corrected chi connectivity index (χ1v) is 12.6. The number of benzene rings is 1. The molecule has 0 radical (unpaired) electrons. The molecule has 1 amide bonds. The highest BCUT2D eigenvalue weighted by molar-refractivity contribution is 5.95. The van der Waals surface area contributed by atoms with Gasteiger partial charge < -0.3 is 28.8 Å². The summed E-state index contributed by atoms with van der Waals surface area (Å²) in [6.07, 6.45) is -0.165. The van der Waals surface area contributed by atoms with Crippen molar-refractivity contribution in [1.29, 1.82) is 0 Å². The van der Waals surface area contributed by atoms with Crippen LogP contribution in [-0.2, 0) is 39.4 Å². The minimum Gasteiger partial charge on any atom is -0.457 e. The van der Waals surface area contributed by atoms with Crippen molar-refractivity contribution in [2.75, 3.05) is 6.79 Å². The molecule has 10 nitrogen and oxygen atoms in total. The van der Waals surface area contributed by atoms with Gasteiger partial charge in [-0.3, -0.25) is 4.79 Å². The maximum absolute atomic E-state index is 14.8. The molecule has 11 heteroatoms. The largest absolute Gasteiger partial charge is 0.457 e. The van der Waals surface area contributed by atoms with Crippen LogP contribution in [0.4, 0.5) is 9.18 Å². The fourth-order valence-electron chi connectivity index (χ4n) is 5.64. The van der Waals surface area contributed by atoms with Gasteiger partial charge in [-0.15, -0.1) is 0 Å². The zero-order valence-corrected chi connectivity index (χ0v) is 21.4. The lowest BCUT2D eigenvalue weighted by atomic mass is 9.85. The zero-order valence-electron chi connectivity index (χ0n) is 21.4. The molecular weight excluding hydrogens is 497 g/mol. The Labute approximate surface area is 216 Å². The number of nitrogens with zero attached hydrogens (tertiary/aromatic N) is 2. The van der Waals surface area contributed by atoms with Gasteiger partial charge in [0.05, 0.1) is 34.4 Å². The summed E-state index contributed by atoms with van der Waals surface area (Å²) in [4.78, 5) is 44.2. The summed E-state index contributed by atoms with van der Waals surface area (Å²) in [5.41, 5.74) is 1.35. The summed E-state index contributed by atoms with van der Waals surface area (Å²) in [6, 6.07) is 2.75. The van der Waals surface area contributed by atoms with Crippen molar-refractivity contribution < 1.29 is 32.9 Å². The third-order valence-corrected chi connectivity index (χ3v) is 7.36. The van der Waals surface area contributed by atoms with Crippen LogP contribution in [0.1, 0.15) is 56.4 Å². The van der Waals surface area contributed by atoms with Crippen LogP contribution < -0.4 is 20.3 Å². The number of ether oxygens (including phenoxy) is 4. The Balaban J connectivity index is 1.59. The van der Waals surface area contributed by atoms with E-state index in [9.17, 15) is 18.8 Å². The molecule has 0 unspecified atom stereocenters. The number of halogens is 1. The van der Waals surface area contributed by atoms with Crippen LogP contribution >= 0.6 is 0 Å². The van der Waals surface area contributed by atoms with Gasteiger partial charge in [0, 0.05) is 23.2 Å². The lowest BCUT2D eigenvalue weighted by Crippen LogP contribution is -2.49. The van der Waals surface area contributed by atoms with Crippen LogP contribution in [-0.4, -0.2) is 34.4 Å². The van der Waals surface area contributed by atoms with E-state index in [1.54, 1.807) is 31.4 Å². The van der Waals surface area contributed by atoms with Gasteiger partial charge in [-0.25, -0.2) is 19.0 Å². The number of rotatable bonds is 4. The summed E-state index contributed by atoms with van der Waals surface area (Å²) in [6.45, 7) is 7.09. The molecule has 1 N–H and O–H groups in total. The van der Waals surface area contributed by atoms with E-state index in [0.717, 1.165) is 11.1 Å². The van der Waals surface area contributed by atoms with Crippen molar-refractivity contribution in [1.82, 2.24) is 14.9 Å². The first-order valence-electron chi connectivity index (χ1n) is 12.6. The number of esters is 1. The number of carbonyl (C=O) groups is 2. The minimum absolute atomic E-state index is 0.0531. The number of fused-ring (bicyclic) bond motifs is 7. The van der Waals surface area contributed by atoms with Crippen LogP contribution in [0.3, 0.4) is 0 Å². The van der Waals surface area contributed by atoms with Gasteiger partial charge in [-0.2, -0.15) is 0 Å². The molecule has 0 bridgehead atoms. The Hall–Kier alpha value is -4.15. The average Bonchev–Trinajstić information content (AvgIpc) is 3.50. The normalized spacial score (nSPS) is 18.7. The molecule has 2 aromatic heterocycles. The molecule has 0 spiro atoms. The second kappa shape index (κ2) is 8.44. The fraction of sp³-hybridized carbons (Fsp3) is 0.407. The second-order valence-corrected chi connectivity index (χ2v) is 9.85. The molecule has 198 valence electrons. The summed E-state index contributed by atoms with van der Waals surface area (Å²) in [5.74, 6) is -0.970. The summed E-state index contributed by atoms with van der Waals surface area (Å²) >= 11 is 0. The lowest BCUT2D eigenvalue weighted by molar-refractivity contribution is -0.172. The number of carbonyl (C=O) groups excluding carboxylic acids is 2. The number of amides is 1. The number of alkyl carbamates (subject to hydrolysis) is 1. The van der Waals surface area contributed by atoms with Crippen molar-refractivity contribution in [3.05, 3.63) is 50.6 Å². The molecule has 6 rings (SSSR count). The lowest BCUT2D eigenvalue weighted by Gasteiger charge is -2.35. The van der Waals surface area contributed by atoms with Gasteiger partial charge in [-0.05, 0) is 38.3 Å². The summed E-state index contributed by atoms with van der Waals surface area (Å²) < 4.78 is 38.4. The molecule has 5 heterocycles. The van der Waals surface area contributed by atoms with Gasteiger partial charge in [0.2, 0.25) is 18.1 Å². The quantitative estimate of drug-likeness (QED) is 0.403. The fourth-order valence-corrected chi connectivity index (χ4v) is 5.64. The molecular formula is C27H26FN3O7. The number of nitrogens with one attached hydrogen (secondary N) is 1. The third kappa shape index (κ3) is 3.23. The Morgan fingerprint density at radius 1 is 1.18 bits per heavy atom. The third-order valence-electron chi connectivity index (χ3n) is 7.36.